The highest BCUT2D eigenvalue weighted by atomic mass is 14.2. The van der Waals surface area contributed by atoms with Crippen molar-refractivity contribution in [3.05, 3.63) is 34.9 Å². The van der Waals surface area contributed by atoms with Crippen LogP contribution in [-0.4, -0.2) is 0 Å². The van der Waals surface area contributed by atoms with Crippen molar-refractivity contribution in [1.82, 2.24) is 0 Å². The lowest BCUT2D eigenvalue weighted by Gasteiger charge is -1.98. The number of hydrogen-bond acceptors (Lipinski definition) is 0. The van der Waals surface area contributed by atoms with E-state index in [9.17, 15) is 0 Å². The molecule has 0 radical (unpaired) electrons. The monoisotopic (exact) mass is 170 g/mol. The second-order valence-electron chi connectivity index (χ2n) is 3.84. The van der Waals surface area contributed by atoms with E-state index < -0.39 is 0 Å². The second kappa shape index (κ2) is 3.26. The summed E-state index contributed by atoms with van der Waals surface area (Å²) in [5.41, 5.74) is 3.84. The predicted octanol–water partition coefficient (Wildman–Crippen LogP) is 3.06. The second-order valence-corrected chi connectivity index (χ2v) is 3.84. The van der Waals surface area contributed by atoms with E-state index in [-0.39, 0.29) is 0 Å². The van der Waals surface area contributed by atoms with E-state index >= 15 is 0 Å². The van der Waals surface area contributed by atoms with Gasteiger partial charge >= 0.3 is 0 Å². The molecule has 0 saturated heterocycles. The number of rotatable bonds is 0. The fourth-order valence-corrected chi connectivity index (χ4v) is 1.23. The van der Waals surface area contributed by atoms with Gasteiger partial charge in [-0.25, -0.2) is 0 Å². The van der Waals surface area contributed by atoms with Crippen LogP contribution in [0, 0.1) is 31.6 Å². The minimum Gasteiger partial charge on any atom is -0.0945 e. The zero-order valence-corrected chi connectivity index (χ0v) is 8.22. The molecular formula is C13H14. The first kappa shape index (κ1) is 8.38. The highest BCUT2D eigenvalue weighted by molar-refractivity contribution is 5.40. The van der Waals surface area contributed by atoms with Gasteiger partial charge in [0, 0.05) is 11.5 Å². The van der Waals surface area contributed by atoms with E-state index in [2.05, 4.69) is 43.9 Å². The van der Waals surface area contributed by atoms with Gasteiger partial charge in [-0.1, -0.05) is 17.9 Å². The summed E-state index contributed by atoms with van der Waals surface area (Å²) in [7, 11) is 0. The van der Waals surface area contributed by atoms with E-state index in [0.29, 0.717) is 5.92 Å². The minimum atomic E-state index is 0.696. The average Bonchev–Trinajstić information content (AvgIpc) is 2.91. The topological polar surface area (TPSA) is 0 Å². The summed E-state index contributed by atoms with van der Waals surface area (Å²) in [6.07, 6.45) is 2.61. The molecule has 1 aliphatic carbocycles. The molecule has 66 valence electrons. The Morgan fingerprint density at radius 3 is 2.54 bits per heavy atom. The summed E-state index contributed by atoms with van der Waals surface area (Å²) in [5, 5.41) is 0. The summed E-state index contributed by atoms with van der Waals surface area (Å²) in [5.74, 6) is 7.19. The van der Waals surface area contributed by atoms with Crippen LogP contribution >= 0.6 is 0 Å². The lowest BCUT2D eigenvalue weighted by atomic mass is 10.1. The summed E-state index contributed by atoms with van der Waals surface area (Å²) in [6.45, 7) is 4.27. The van der Waals surface area contributed by atoms with Gasteiger partial charge in [-0.3, -0.25) is 0 Å². The minimum absolute atomic E-state index is 0.696. The normalized spacial score (nSPS) is 14.9. The largest absolute Gasteiger partial charge is 0.0945 e. The first-order valence-corrected chi connectivity index (χ1v) is 4.84. The first-order chi connectivity index (χ1) is 6.25. The SMILES string of the molecule is Cc1ccc(C#CC2CC2)cc1C. The molecular weight excluding hydrogens is 156 g/mol. The van der Waals surface area contributed by atoms with Crippen LogP contribution < -0.4 is 0 Å². The third kappa shape index (κ3) is 2.12. The average molecular weight is 170 g/mol. The van der Waals surface area contributed by atoms with Crippen LogP contribution in [0.4, 0.5) is 0 Å². The maximum absolute atomic E-state index is 3.27. The van der Waals surface area contributed by atoms with Crippen LogP contribution in [0.15, 0.2) is 18.2 Å². The van der Waals surface area contributed by atoms with Crippen molar-refractivity contribution >= 4 is 0 Å². The third-order valence-electron chi connectivity index (χ3n) is 2.50. The van der Waals surface area contributed by atoms with Crippen LogP contribution in [0.5, 0.6) is 0 Å². The highest BCUT2D eigenvalue weighted by Crippen LogP contribution is 2.27. The van der Waals surface area contributed by atoms with E-state index in [1.165, 1.54) is 24.0 Å². The van der Waals surface area contributed by atoms with E-state index in [4.69, 9.17) is 0 Å². The summed E-state index contributed by atoms with van der Waals surface area (Å²) >= 11 is 0. The van der Waals surface area contributed by atoms with Gasteiger partial charge in [-0.15, -0.1) is 0 Å². The molecule has 1 aromatic rings. The summed E-state index contributed by atoms with van der Waals surface area (Å²) < 4.78 is 0. The Labute approximate surface area is 80.0 Å². The molecule has 0 N–H and O–H groups in total. The van der Waals surface area contributed by atoms with Gasteiger partial charge in [0.1, 0.15) is 0 Å². The van der Waals surface area contributed by atoms with E-state index in [1.807, 2.05) is 0 Å². The summed E-state index contributed by atoms with van der Waals surface area (Å²) in [6, 6.07) is 6.43. The fraction of sp³-hybridized carbons (Fsp3) is 0.385. The van der Waals surface area contributed by atoms with E-state index in [0.717, 1.165) is 5.56 Å². The van der Waals surface area contributed by atoms with Crippen molar-refractivity contribution in [2.45, 2.75) is 26.7 Å². The molecule has 0 spiro atoms. The third-order valence-corrected chi connectivity index (χ3v) is 2.50. The van der Waals surface area contributed by atoms with Gasteiger partial charge in [0.25, 0.3) is 0 Å². The zero-order chi connectivity index (χ0) is 9.26. The van der Waals surface area contributed by atoms with E-state index in [1.54, 1.807) is 0 Å². The number of benzene rings is 1. The molecule has 0 amide bonds. The van der Waals surface area contributed by atoms with Crippen molar-refractivity contribution < 1.29 is 0 Å². The predicted molar refractivity (Wildman–Crippen MR) is 55.5 cm³/mol. The molecule has 0 atom stereocenters. The van der Waals surface area contributed by atoms with Crippen molar-refractivity contribution in [3.8, 4) is 11.8 Å². The zero-order valence-electron chi connectivity index (χ0n) is 8.22. The molecule has 0 aliphatic heterocycles. The molecule has 0 unspecified atom stereocenters. The molecule has 0 nitrogen and oxygen atoms in total. The first-order valence-electron chi connectivity index (χ1n) is 4.84. The van der Waals surface area contributed by atoms with Crippen LogP contribution in [0.1, 0.15) is 29.5 Å². The van der Waals surface area contributed by atoms with Gasteiger partial charge in [-0.2, -0.15) is 0 Å². The standard InChI is InChI=1S/C13H14/c1-10-3-4-13(9-11(10)2)8-7-12-5-6-12/h3-4,9,12H,5-6H2,1-2H3. The van der Waals surface area contributed by atoms with Crippen LogP contribution in [0.3, 0.4) is 0 Å². The van der Waals surface area contributed by atoms with Gasteiger partial charge in [0.15, 0.2) is 0 Å². The quantitative estimate of drug-likeness (QED) is 0.525. The molecule has 0 aromatic heterocycles. The van der Waals surface area contributed by atoms with Gasteiger partial charge in [0.05, 0.1) is 0 Å². The number of hydrogen-bond donors (Lipinski definition) is 0. The Bertz CT molecular complexity index is 373. The Morgan fingerprint density at radius 2 is 1.92 bits per heavy atom. The Morgan fingerprint density at radius 1 is 1.15 bits per heavy atom. The highest BCUT2D eigenvalue weighted by Gasteiger charge is 2.17. The molecule has 2 rings (SSSR count). The molecule has 0 heteroatoms. The van der Waals surface area contributed by atoms with Gasteiger partial charge < -0.3 is 0 Å². The Hall–Kier alpha value is -1.22. The number of aryl methyl sites for hydroxylation is 2. The van der Waals surface area contributed by atoms with Crippen LogP contribution in [0.25, 0.3) is 0 Å². The van der Waals surface area contributed by atoms with Crippen molar-refractivity contribution in [2.24, 2.45) is 5.92 Å². The lowest BCUT2D eigenvalue weighted by molar-refractivity contribution is 1.18. The lowest BCUT2D eigenvalue weighted by Crippen LogP contribution is -1.82. The van der Waals surface area contributed by atoms with Crippen LogP contribution in [-0.2, 0) is 0 Å². The molecule has 1 aromatic carbocycles. The summed E-state index contributed by atoms with van der Waals surface area (Å²) in [4.78, 5) is 0. The van der Waals surface area contributed by atoms with Crippen LogP contribution in [0.2, 0.25) is 0 Å². The maximum atomic E-state index is 3.27. The van der Waals surface area contributed by atoms with Gasteiger partial charge in [-0.05, 0) is 49.9 Å². The molecule has 1 saturated carbocycles. The molecule has 13 heavy (non-hydrogen) atoms. The Balaban J connectivity index is 2.22. The van der Waals surface area contributed by atoms with Gasteiger partial charge in [0.2, 0.25) is 0 Å². The smallest absolute Gasteiger partial charge is 0.0248 e. The molecule has 0 bridgehead atoms. The molecule has 0 heterocycles. The van der Waals surface area contributed by atoms with Crippen molar-refractivity contribution in [3.63, 3.8) is 0 Å². The Kier molecular flexibility index (Phi) is 2.10. The molecule has 1 fully saturated rings. The van der Waals surface area contributed by atoms with Crippen molar-refractivity contribution in [1.29, 1.82) is 0 Å². The van der Waals surface area contributed by atoms with Crippen molar-refractivity contribution in [2.75, 3.05) is 0 Å². The maximum Gasteiger partial charge on any atom is 0.0248 e. The fourth-order valence-electron chi connectivity index (χ4n) is 1.23. The molecule has 1 aliphatic rings.